The molecule has 3 saturated heterocycles. The topological polar surface area (TPSA) is 41.6 Å². The Balaban J connectivity index is 2.06. The zero-order valence-electron chi connectivity index (χ0n) is 11.7. The molecule has 3 aliphatic rings. The summed E-state index contributed by atoms with van der Waals surface area (Å²) in [6.45, 7) is 5.27. The Hall–Kier alpha value is -1.10. The normalized spacial score (nSPS) is 36.5. The minimum Gasteiger partial charge on any atom is -0.376 e. The van der Waals surface area contributed by atoms with Crippen molar-refractivity contribution in [2.75, 3.05) is 18.1 Å². The van der Waals surface area contributed by atoms with Crippen LogP contribution < -0.4 is 10.2 Å². The van der Waals surface area contributed by atoms with E-state index in [4.69, 9.17) is 16.3 Å². The number of piperidine rings is 2. The number of nitrogens with zero attached hydrogens (tertiary/aromatic N) is 1. The minimum atomic E-state index is -1.05. The van der Waals surface area contributed by atoms with Crippen molar-refractivity contribution >= 4 is 23.2 Å². The summed E-state index contributed by atoms with van der Waals surface area (Å²) >= 11 is 6.50. The van der Waals surface area contributed by atoms with Crippen LogP contribution in [0, 0.1) is 0 Å². The van der Waals surface area contributed by atoms with Crippen LogP contribution >= 0.6 is 11.6 Å². The number of piperazine rings is 1. The van der Waals surface area contributed by atoms with E-state index in [1.54, 1.807) is 4.90 Å². The first kappa shape index (κ1) is 13.9. The highest BCUT2D eigenvalue weighted by Crippen LogP contribution is 2.44. The van der Waals surface area contributed by atoms with Crippen LogP contribution in [-0.4, -0.2) is 35.7 Å². The van der Waals surface area contributed by atoms with Crippen LogP contribution in [0.1, 0.15) is 20.3 Å². The molecule has 1 amide bonds. The van der Waals surface area contributed by atoms with Crippen LogP contribution in [-0.2, 0) is 9.53 Å². The number of carbonyl (C=O) groups excluding carboxylic acids is 1. The highest BCUT2D eigenvalue weighted by molar-refractivity contribution is 6.37. The Kier molecular flexibility index (Phi) is 3.27. The van der Waals surface area contributed by atoms with Crippen molar-refractivity contribution < 1.29 is 9.53 Å². The Labute approximate surface area is 124 Å². The maximum atomic E-state index is 12.7. The minimum absolute atomic E-state index is 0.0656. The first-order valence-corrected chi connectivity index (χ1v) is 7.34. The van der Waals surface area contributed by atoms with E-state index in [-0.39, 0.29) is 12.0 Å². The SMILES string of the molecule is CCO[C@@H]1C[C@@]2(Cl)NC[C@]1(C)N(c1ccccc1)C2=O. The van der Waals surface area contributed by atoms with Crippen LogP contribution in [0.5, 0.6) is 0 Å². The molecule has 1 N–H and O–H groups in total. The number of carbonyl (C=O) groups is 1. The predicted octanol–water partition coefficient (Wildman–Crippen LogP) is 2.13. The number of nitrogens with one attached hydrogen (secondary N) is 1. The van der Waals surface area contributed by atoms with Crippen LogP contribution in [0.3, 0.4) is 0 Å². The number of amides is 1. The number of benzene rings is 1. The van der Waals surface area contributed by atoms with Gasteiger partial charge in [-0.2, -0.15) is 0 Å². The summed E-state index contributed by atoms with van der Waals surface area (Å²) in [7, 11) is 0. The largest absolute Gasteiger partial charge is 0.376 e. The summed E-state index contributed by atoms with van der Waals surface area (Å²) in [6, 6.07) is 9.67. The van der Waals surface area contributed by atoms with E-state index in [0.29, 0.717) is 19.6 Å². The fraction of sp³-hybridized carbons (Fsp3) is 0.533. The quantitative estimate of drug-likeness (QED) is 0.686. The number of fused-ring (bicyclic) bond motifs is 3. The lowest BCUT2D eigenvalue weighted by Gasteiger charge is -2.59. The Bertz CT molecular complexity index is 524. The maximum absolute atomic E-state index is 12.7. The molecular weight excluding hydrogens is 276 g/mol. The van der Waals surface area contributed by atoms with Gasteiger partial charge in [0.1, 0.15) is 0 Å². The van der Waals surface area contributed by atoms with Crippen molar-refractivity contribution in [2.24, 2.45) is 0 Å². The van der Waals surface area contributed by atoms with Crippen molar-refractivity contribution in [1.29, 1.82) is 0 Å². The number of rotatable bonds is 3. The molecule has 3 fully saturated rings. The molecule has 4 nitrogen and oxygen atoms in total. The van der Waals surface area contributed by atoms with Gasteiger partial charge in [0.15, 0.2) is 5.00 Å². The number of para-hydroxylation sites is 1. The van der Waals surface area contributed by atoms with E-state index in [2.05, 4.69) is 12.2 Å². The van der Waals surface area contributed by atoms with Crippen LogP contribution in [0.25, 0.3) is 0 Å². The molecule has 2 bridgehead atoms. The number of ether oxygens (including phenoxy) is 1. The lowest BCUT2D eigenvalue weighted by molar-refractivity contribution is -0.137. The van der Waals surface area contributed by atoms with Crippen molar-refractivity contribution in [1.82, 2.24) is 5.32 Å². The molecule has 3 atom stereocenters. The van der Waals surface area contributed by atoms with Crippen LogP contribution in [0.4, 0.5) is 5.69 Å². The first-order valence-electron chi connectivity index (χ1n) is 6.96. The molecule has 0 spiro atoms. The van der Waals surface area contributed by atoms with Crippen molar-refractivity contribution in [3.63, 3.8) is 0 Å². The molecule has 0 saturated carbocycles. The fourth-order valence-corrected chi connectivity index (χ4v) is 3.50. The molecule has 20 heavy (non-hydrogen) atoms. The van der Waals surface area contributed by atoms with E-state index in [9.17, 15) is 4.79 Å². The molecule has 0 aromatic heterocycles. The molecule has 1 aromatic rings. The molecular formula is C15H19ClN2O2. The smallest absolute Gasteiger partial charge is 0.263 e. The fourth-order valence-electron chi connectivity index (χ4n) is 3.20. The van der Waals surface area contributed by atoms with E-state index in [1.807, 2.05) is 37.3 Å². The zero-order valence-corrected chi connectivity index (χ0v) is 12.5. The number of halogens is 1. The van der Waals surface area contributed by atoms with Gasteiger partial charge in [0, 0.05) is 25.3 Å². The monoisotopic (exact) mass is 294 g/mol. The van der Waals surface area contributed by atoms with Crippen molar-refractivity contribution in [3.8, 4) is 0 Å². The standard InChI is InChI=1S/C15H19ClN2O2/c1-3-20-12-9-15(16)13(19)18(14(12,2)10-17-15)11-7-5-4-6-8-11/h4-8,12,17H,3,9-10H2,1-2H3/t12-,14+,15-/m1/s1. The Morgan fingerprint density at radius 2 is 2.15 bits per heavy atom. The van der Waals surface area contributed by atoms with Gasteiger partial charge < -0.3 is 4.74 Å². The highest BCUT2D eigenvalue weighted by Gasteiger charge is 2.62. The van der Waals surface area contributed by atoms with Gasteiger partial charge in [0.25, 0.3) is 5.91 Å². The Morgan fingerprint density at radius 3 is 2.80 bits per heavy atom. The van der Waals surface area contributed by atoms with Gasteiger partial charge in [-0.1, -0.05) is 29.8 Å². The number of anilines is 1. The van der Waals surface area contributed by atoms with Gasteiger partial charge in [-0.3, -0.25) is 15.0 Å². The van der Waals surface area contributed by atoms with E-state index < -0.39 is 10.5 Å². The average molecular weight is 295 g/mol. The highest BCUT2D eigenvalue weighted by atomic mass is 35.5. The second-order valence-corrected chi connectivity index (χ2v) is 6.28. The molecule has 4 rings (SSSR count). The molecule has 0 radical (unpaired) electrons. The summed E-state index contributed by atoms with van der Waals surface area (Å²) in [6.07, 6.45) is 0.435. The van der Waals surface area contributed by atoms with E-state index in [1.165, 1.54) is 0 Å². The van der Waals surface area contributed by atoms with Gasteiger partial charge in [0.2, 0.25) is 0 Å². The van der Waals surface area contributed by atoms with Crippen molar-refractivity contribution in [3.05, 3.63) is 30.3 Å². The molecule has 5 heteroatoms. The second kappa shape index (κ2) is 4.72. The van der Waals surface area contributed by atoms with Gasteiger partial charge in [0.05, 0.1) is 11.6 Å². The maximum Gasteiger partial charge on any atom is 0.263 e. The summed E-state index contributed by atoms with van der Waals surface area (Å²) < 4.78 is 5.87. The molecule has 0 unspecified atom stereocenters. The van der Waals surface area contributed by atoms with Gasteiger partial charge in [-0.05, 0) is 26.0 Å². The van der Waals surface area contributed by atoms with Gasteiger partial charge in [-0.15, -0.1) is 0 Å². The third kappa shape index (κ3) is 1.86. The molecule has 1 aromatic carbocycles. The lowest BCUT2D eigenvalue weighted by Crippen LogP contribution is -2.80. The van der Waals surface area contributed by atoms with E-state index in [0.717, 1.165) is 5.69 Å². The first-order chi connectivity index (χ1) is 9.51. The zero-order chi connectivity index (χ0) is 14.4. The molecule has 3 heterocycles. The summed E-state index contributed by atoms with van der Waals surface area (Å²) in [5, 5.41) is 3.17. The summed E-state index contributed by atoms with van der Waals surface area (Å²) in [4.78, 5) is 13.5. The third-order valence-electron chi connectivity index (χ3n) is 4.32. The summed E-state index contributed by atoms with van der Waals surface area (Å²) in [5.74, 6) is -0.0879. The van der Waals surface area contributed by atoms with Crippen LogP contribution in [0.15, 0.2) is 30.3 Å². The Morgan fingerprint density at radius 1 is 1.45 bits per heavy atom. The molecule has 3 aliphatic heterocycles. The van der Waals surface area contributed by atoms with Gasteiger partial charge >= 0.3 is 0 Å². The number of alkyl halides is 1. The average Bonchev–Trinajstić information content (AvgIpc) is 2.44. The van der Waals surface area contributed by atoms with Crippen molar-refractivity contribution in [2.45, 2.75) is 36.9 Å². The third-order valence-corrected chi connectivity index (χ3v) is 4.77. The van der Waals surface area contributed by atoms with Crippen LogP contribution in [0.2, 0.25) is 0 Å². The molecule has 0 aliphatic carbocycles. The molecule has 108 valence electrons. The number of hydrogen-bond acceptors (Lipinski definition) is 3. The summed E-state index contributed by atoms with van der Waals surface area (Å²) in [5.41, 5.74) is 0.460. The predicted molar refractivity (Wildman–Crippen MR) is 79.0 cm³/mol. The lowest BCUT2D eigenvalue weighted by atomic mass is 9.77. The van der Waals surface area contributed by atoms with Gasteiger partial charge in [-0.25, -0.2) is 0 Å². The second-order valence-electron chi connectivity index (χ2n) is 5.64. The number of hydrogen-bond donors (Lipinski definition) is 1. The van der Waals surface area contributed by atoms with E-state index >= 15 is 0 Å².